The summed E-state index contributed by atoms with van der Waals surface area (Å²) in [5.74, 6) is 0. The maximum absolute atomic E-state index is 4.49. The van der Waals surface area contributed by atoms with Crippen molar-refractivity contribution >= 4 is 24.1 Å². The van der Waals surface area contributed by atoms with E-state index in [0.29, 0.717) is 0 Å². The van der Waals surface area contributed by atoms with Gasteiger partial charge in [0.1, 0.15) is 0 Å². The SMILES string of the molecule is c1ccc(-c2nnnc(-c3cc4ccccc4[se]3)c2-c2ccccc2)cc1. The van der Waals surface area contributed by atoms with Crippen molar-refractivity contribution in [2.45, 2.75) is 0 Å². The summed E-state index contributed by atoms with van der Waals surface area (Å²) in [6.45, 7) is 0. The zero-order chi connectivity index (χ0) is 18.1. The third-order valence-electron chi connectivity index (χ3n) is 4.53. The summed E-state index contributed by atoms with van der Waals surface area (Å²) >= 11 is 0.212. The Balaban J connectivity index is 1.81. The van der Waals surface area contributed by atoms with Crippen LogP contribution in [0.2, 0.25) is 0 Å². The van der Waals surface area contributed by atoms with Crippen LogP contribution in [0, 0.1) is 0 Å². The number of hydrogen-bond acceptors (Lipinski definition) is 3. The number of hydrogen-bond donors (Lipinski definition) is 0. The zero-order valence-corrected chi connectivity index (χ0v) is 16.1. The molecular formula is C23H15N3Se. The summed E-state index contributed by atoms with van der Waals surface area (Å²) in [4.78, 5) is 0. The molecule has 3 aromatic carbocycles. The van der Waals surface area contributed by atoms with Crippen molar-refractivity contribution in [1.82, 2.24) is 15.4 Å². The van der Waals surface area contributed by atoms with E-state index in [2.05, 4.69) is 82.1 Å². The molecule has 0 aliphatic rings. The summed E-state index contributed by atoms with van der Waals surface area (Å²) in [5.41, 5.74) is 5.03. The third-order valence-corrected chi connectivity index (χ3v) is 6.89. The molecule has 0 N–H and O–H groups in total. The molecule has 0 saturated carbocycles. The van der Waals surface area contributed by atoms with Gasteiger partial charge in [0.15, 0.2) is 0 Å². The molecule has 0 aliphatic carbocycles. The molecule has 0 saturated heterocycles. The van der Waals surface area contributed by atoms with Crippen LogP contribution in [0.3, 0.4) is 0 Å². The van der Waals surface area contributed by atoms with Crippen molar-refractivity contribution in [3.63, 3.8) is 0 Å². The number of nitrogens with zero attached hydrogens (tertiary/aromatic N) is 3. The minimum absolute atomic E-state index is 0.212. The molecule has 2 aromatic heterocycles. The fourth-order valence-corrected chi connectivity index (χ4v) is 5.48. The van der Waals surface area contributed by atoms with Gasteiger partial charge in [-0.05, 0) is 0 Å². The summed E-state index contributed by atoms with van der Waals surface area (Å²) in [5, 5.41) is 14.3. The average Bonchev–Trinajstić information content (AvgIpc) is 3.19. The van der Waals surface area contributed by atoms with E-state index < -0.39 is 0 Å². The molecule has 0 radical (unpaired) electrons. The number of benzene rings is 3. The first-order chi connectivity index (χ1) is 13.4. The van der Waals surface area contributed by atoms with Crippen LogP contribution in [0.5, 0.6) is 0 Å². The van der Waals surface area contributed by atoms with Crippen molar-refractivity contribution < 1.29 is 0 Å². The van der Waals surface area contributed by atoms with E-state index in [1.54, 1.807) is 0 Å². The van der Waals surface area contributed by atoms with Crippen molar-refractivity contribution in [2.24, 2.45) is 0 Å². The molecule has 5 rings (SSSR count). The molecule has 27 heavy (non-hydrogen) atoms. The van der Waals surface area contributed by atoms with E-state index in [0.717, 1.165) is 28.1 Å². The Morgan fingerprint density at radius 2 is 1.22 bits per heavy atom. The molecule has 0 atom stereocenters. The van der Waals surface area contributed by atoms with Crippen molar-refractivity contribution in [3.05, 3.63) is 91.0 Å². The van der Waals surface area contributed by atoms with E-state index in [4.69, 9.17) is 0 Å². The Morgan fingerprint density at radius 1 is 0.593 bits per heavy atom. The van der Waals surface area contributed by atoms with Crippen molar-refractivity contribution in [2.75, 3.05) is 0 Å². The number of rotatable bonds is 3. The monoisotopic (exact) mass is 413 g/mol. The maximum atomic E-state index is 4.49. The van der Waals surface area contributed by atoms with E-state index in [-0.39, 0.29) is 14.5 Å². The molecule has 5 aromatic rings. The summed E-state index contributed by atoms with van der Waals surface area (Å²) in [6, 6.07) is 31.4. The Labute approximate surface area is 163 Å². The Bertz CT molecular complexity index is 1180. The molecule has 0 spiro atoms. The second-order valence-electron chi connectivity index (χ2n) is 6.24. The fraction of sp³-hybridized carbons (Fsp3) is 0. The van der Waals surface area contributed by atoms with Gasteiger partial charge in [0, 0.05) is 0 Å². The first-order valence-electron chi connectivity index (χ1n) is 8.73. The van der Waals surface area contributed by atoms with Crippen LogP contribution in [0.25, 0.3) is 42.2 Å². The normalized spacial score (nSPS) is 11.0. The van der Waals surface area contributed by atoms with Gasteiger partial charge in [-0.15, -0.1) is 0 Å². The Morgan fingerprint density at radius 3 is 1.96 bits per heavy atom. The molecule has 4 heteroatoms. The van der Waals surface area contributed by atoms with Gasteiger partial charge in [0.25, 0.3) is 0 Å². The summed E-state index contributed by atoms with van der Waals surface area (Å²) < 4.78 is 2.63. The summed E-state index contributed by atoms with van der Waals surface area (Å²) in [7, 11) is 0. The minimum atomic E-state index is 0.212. The van der Waals surface area contributed by atoms with Crippen LogP contribution in [-0.4, -0.2) is 29.9 Å². The molecule has 0 unspecified atom stereocenters. The van der Waals surface area contributed by atoms with Gasteiger partial charge >= 0.3 is 163 Å². The van der Waals surface area contributed by atoms with E-state index >= 15 is 0 Å². The molecule has 0 amide bonds. The van der Waals surface area contributed by atoms with Crippen molar-refractivity contribution in [3.8, 4) is 32.5 Å². The number of fused-ring (bicyclic) bond motifs is 1. The van der Waals surface area contributed by atoms with Gasteiger partial charge in [-0.1, -0.05) is 0 Å². The average molecular weight is 412 g/mol. The van der Waals surface area contributed by atoms with Crippen LogP contribution in [0.4, 0.5) is 0 Å². The molecule has 0 bridgehead atoms. The van der Waals surface area contributed by atoms with Crippen LogP contribution in [-0.2, 0) is 0 Å². The summed E-state index contributed by atoms with van der Waals surface area (Å²) in [6.07, 6.45) is 0. The van der Waals surface area contributed by atoms with E-state index in [1.165, 1.54) is 14.1 Å². The van der Waals surface area contributed by atoms with E-state index in [1.807, 2.05) is 24.3 Å². The van der Waals surface area contributed by atoms with Gasteiger partial charge < -0.3 is 0 Å². The first-order valence-corrected chi connectivity index (χ1v) is 10.4. The van der Waals surface area contributed by atoms with Gasteiger partial charge in [-0.3, -0.25) is 0 Å². The molecule has 3 nitrogen and oxygen atoms in total. The second-order valence-corrected chi connectivity index (χ2v) is 8.52. The van der Waals surface area contributed by atoms with Crippen LogP contribution in [0.15, 0.2) is 91.0 Å². The fourth-order valence-electron chi connectivity index (χ4n) is 3.27. The predicted molar refractivity (Wildman–Crippen MR) is 111 cm³/mol. The quantitative estimate of drug-likeness (QED) is 0.388. The zero-order valence-electron chi connectivity index (χ0n) is 14.4. The van der Waals surface area contributed by atoms with Crippen LogP contribution >= 0.6 is 0 Å². The Kier molecular flexibility index (Phi) is 4.13. The van der Waals surface area contributed by atoms with Gasteiger partial charge in [-0.25, -0.2) is 0 Å². The number of aromatic nitrogens is 3. The van der Waals surface area contributed by atoms with Crippen LogP contribution < -0.4 is 0 Å². The molecule has 0 aliphatic heterocycles. The predicted octanol–water partition coefficient (Wildman–Crippen LogP) is 5.08. The van der Waals surface area contributed by atoms with Crippen molar-refractivity contribution in [1.29, 1.82) is 0 Å². The van der Waals surface area contributed by atoms with Gasteiger partial charge in [-0.2, -0.15) is 0 Å². The molecular weight excluding hydrogens is 397 g/mol. The first kappa shape index (κ1) is 16.1. The molecule has 0 fully saturated rings. The van der Waals surface area contributed by atoms with E-state index in [9.17, 15) is 0 Å². The Hall–Kier alpha value is -3.07. The second kappa shape index (κ2) is 6.92. The standard InChI is InChI=1S/C23H15N3Se/c1-3-9-16(10-4-1)21-22(17-11-5-2-6-12-17)24-26-25-23(21)20-15-18-13-7-8-14-19(18)27-20/h1-15H. The molecule has 128 valence electrons. The van der Waals surface area contributed by atoms with Gasteiger partial charge in [0.05, 0.1) is 0 Å². The molecule has 2 heterocycles. The topological polar surface area (TPSA) is 38.7 Å². The van der Waals surface area contributed by atoms with Gasteiger partial charge in [0.2, 0.25) is 0 Å². The van der Waals surface area contributed by atoms with Crippen LogP contribution in [0.1, 0.15) is 0 Å². The third kappa shape index (κ3) is 2.99.